The lowest BCUT2D eigenvalue weighted by molar-refractivity contribution is -0.135. The van der Waals surface area contributed by atoms with Gasteiger partial charge in [-0.15, -0.1) is 0 Å². The standard InChI is InChI=1S/C23H34N4O5S/c1-25-18(5-8-21(28)26-11-13-32-14-12-26)15-24-23(29)22-20(25)9-10-27(22)16-17-3-6-19(7-4-17)33(2,30)31/h3-4,6-7,18,20,22H,5,8-16H2,1-2H3,(H,24,29). The lowest BCUT2D eigenvalue weighted by Gasteiger charge is -2.33. The van der Waals surface area contributed by atoms with E-state index in [1.807, 2.05) is 17.0 Å². The fourth-order valence-electron chi connectivity index (χ4n) is 5.16. The number of rotatable bonds is 6. The van der Waals surface area contributed by atoms with Crippen molar-refractivity contribution in [1.29, 1.82) is 0 Å². The topological polar surface area (TPSA) is 99.3 Å². The van der Waals surface area contributed by atoms with Crippen molar-refractivity contribution < 1.29 is 22.7 Å². The molecule has 182 valence electrons. The molecule has 3 atom stereocenters. The number of amides is 2. The second kappa shape index (κ2) is 10.1. The van der Waals surface area contributed by atoms with E-state index >= 15 is 0 Å². The largest absolute Gasteiger partial charge is 0.378 e. The van der Waals surface area contributed by atoms with Crippen molar-refractivity contribution in [3.8, 4) is 0 Å². The molecule has 1 aromatic rings. The van der Waals surface area contributed by atoms with Crippen LogP contribution in [0.3, 0.4) is 0 Å². The fourth-order valence-corrected chi connectivity index (χ4v) is 5.79. The minimum atomic E-state index is -3.23. The van der Waals surface area contributed by atoms with Gasteiger partial charge in [0.05, 0.1) is 18.1 Å². The van der Waals surface area contributed by atoms with Gasteiger partial charge in [0, 0.05) is 57.5 Å². The summed E-state index contributed by atoms with van der Waals surface area (Å²) in [6.07, 6.45) is 3.26. The monoisotopic (exact) mass is 478 g/mol. The van der Waals surface area contributed by atoms with Crippen LogP contribution in [0.5, 0.6) is 0 Å². The van der Waals surface area contributed by atoms with E-state index in [0.29, 0.717) is 57.1 Å². The highest BCUT2D eigenvalue weighted by Crippen LogP contribution is 2.29. The molecular formula is C23H34N4O5S. The SMILES string of the molecule is CN1C(CCC(=O)N2CCOCC2)CNC(=O)C2C1CCN2Cc1ccc(S(C)(=O)=O)cc1. The molecule has 0 bridgehead atoms. The molecule has 3 aliphatic rings. The second-order valence-corrected chi connectivity index (χ2v) is 11.3. The number of likely N-dealkylation sites (N-methyl/N-ethyl adjacent to an activating group) is 1. The van der Waals surface area contributed by atoms with Crippen molar-refractivity contribution in [3.05, 3.63) is 29.8 Å². The van der Waals surface area contributed by atoms with Crippen molar-refractivity contribution in [3.63, 3.8) is 0 Å². The molecule has 10 heteroatoms. The average molecular weight is 479 g/mol. The number of ether oxygens (including phenoxy) is 1. The van der Waals surface area contributed by atoms with E-state index in [-0.39, 0.29) is 29.9 Å². The van der Waals surface area contributed by atoms with Crippen LogP contribution in [0.25, 0.3) is 0 Å². The zero-order valence-electron chi connectivity index (χ0n) is 19.4. The first-order valence-corrected chi connectivity index (χ1v) is 13.5. The van der Waals surface area contributed by atoms with Crippen LogP contribution >= 0.6 is 0 Å². The molecule has 9 nitrogen and oxygen atoms in total. The minimum absolute atomic E-state index is 0.0270. The molecule has 0 saturated carbocycles. The minimum Gasteiger partial charge on any atom is -0.378 e. The molecule has 0 spiro atoms. The molecule has 3 unspecified atom stereocenters. The van der Waals surface area contributed by atoms with E-state index in [1.54, 1.807) is 12.1 Å². The normalized spacial score (nSPS) is 27.2. The zero-order chi connectivity index (χ0) is 23.6. The lowest BCUT2D eigenvalue weighted by Crippen LogP contribution is -2.49. The number of carbonyl (C=O) groups is 2. The van der Waals surface area contributed by atoms with Gasteiger partial charge in [-0.05, 0) is 37.6 Å². The predicted octanol–water partition coefficient (Wildman–Crippen LogP) is 0.102. The van der Waals surface area contributed by atoms with Gasteiger partial charge >= 0.3 is 0 Å². The molecule has 2 amide bonds. The number of nitrogens with one attached hydrogen (secondary N) is 1. The Morgan fingerprint density at radius 2 is 1.85 bits per heavy atom. The van der Waals surface area contributed by atoms with E-state index < -0.39 is 9.84 Å². The summed E-state index contributed by atoms with van der Waals surface area (Å²) in [5.74, 6) is 0.184. The summed E-state index contributed by atoms with van der Waals surface area (Å²) in [6.45, 7) is 4.42. The van der Waals surface area contributed by atoms with Crippen LogP contribution in [0, 0.1) is 0 Å². The second-order valence-electron chi connectivity index (χ2n) is 9.28. The number of likely N-dealkylation sites (tertiary alicyclic amines) is 1. The molecule has 3 fully saturated rings. The van der Waals surface area contributed by atoms with Gasteiger partial charge in [-0.1, -0.05) is 12.1 Å². The van der Waals surface area contributed by atoms with Crippen molar-refractivity contribution in [2.75, 3.05) is 52.7 Å². The molecule has 1 aromatic carbocycles. The number of sulfone groups is 1. The van der Waals surface area contributed by atoms with Crippen molar-refractivity contribution in [1.82, 2.24) is 20.0 Å². The summed E-state index contributed by atoms with van der Waals surface area (Å²) < 4.78 is 28.8. The Bertz CT molecular complexity index is 962. The van der Waals surface area contributed by atoms with Gasteiger partial charge in [0.25, 0.3) is 0 Å². The number of carbonyl (C=O) groups excluding carboxylic acids is 2. The predicted molar refractivity (Wildman–Crippen MR) is 123 cm³/mol. The van der Waals surface area contributed by atoms with E-state index in [9.17, 15) is 18.0 Å². The van der Waals surface area contributed by atoms with Crippen molar-refractivity contribution in [2.45, 2.75) is 48.8 Å². The smallest absolute Gasteiger partial charge is 0.239 e. The lowest BCUT2D eigenvalue weighted by atomic mass is 10.0. The van der Waals surface area contributed by atoms with Crippen LogP contribution in [0.15, 0.2) is 29.2 Å². The Hall–Kier alpha value is -2.01. The molecule has 3 aliphatic heterocycles. The van der Waals surface area contributed by atoms with Crippen molar-refractivity contribution >= 4 is 21.7 Å². The first-order chi connectivity index (χ1) is 15.7. The van der Waals surface area contributed by atoms with Crippen LogP contribution in [0.4, 0.5) is 0 Å². The number of nitrogens with zero attached hydrogens (tertiary/aromatic N) is 3. The first kappa shape index (κ1) is 24.1. The molecule has 3 heterocycles. The Morgan fingerprint density at radius 1 is 1.15 bits per heavy atom. The summed E-state index contributed by atoms with van der Waals surface area (Å²) in [5.41, 5.74) is 0.982. The third-order valence-corrected chi connectivity index (χ3v) is 8.27. The van der Waals surface area contributed by atoms with E-state index in [1.165, 1.54) is 6.26 Å². The summed E-state index contributed by atoms with van der Waals surface area (Å²) in [7, 11) is -1.17. The molecule has 1 N–H and O–H groups in total. The quantitative estimate of drug-likeness (QED) is 0.619. The van der Waals surface area contributed by atoms with Gasteiger partial charge in [0.1, 0.15) is 6.04 Å². The molecule has 0 radical (unpaired) electrons. The van der Waals surface area contributed by atoms with Gasteiger partial charge in [0.2, 0.25) is 11.8 Å². The maximum Gasteiger partial charge on any atom is 0.239 e. The van der Waals surface area contributed by atoms with Gasteiger partial charge in [0.15, 0.2) is 9.84 Å². The summed E-state index contributed by atoms with van der Waals surface area (Å²) in [4.78, 5) is 32.2. The molecule has 0 aliphatic carbocycles. The van der Waals surface area contributed by atoms with Crippen molar-refractivity contribution in [2.24, 2.45) is 0 Å². The zero-order valence-corrected chi connectivity index (χ0v) is 20.2. The van der Waals surface area contributed by atoms with Crippen LogP contribution in [0.1, 0.15) is 24.8 Å². The Balaban J connectivity index is 1.38. The van der Waals surface area contributed by atoms with Crippen LogP contribution < -0.4 is 5.32 Å². The van der Waals surface area contributed by atoms with Gasteiger partial charge in [-0.25, -0.2) is 8.42 Å². The number of hydrogen-bond acceptors (Lipinski definition) is 7. The highest BCUT2D eigenvalue weighted by Gasteiger charge is 2.45. The summed E-state index contributed by atoms with van der Waals surface area (Å²) >= 11 is 0. The highest BCUT2D eigenvalue weighted by molar-refractivity contribution is 7.90. The maximum absolute atomic E-state index is 13.0. The Morgan fingerprint density at radius 3 is 2.52 bits per heavy atom. The molecule has 33 heavy (non-hydrogen) atoms. The van der Waals surface area contributed by atoms with E-state index in [2.05, 4.69) is 22.2 Å². The van der Waals surface area contributed by atoms with Crippen LogP contribution in [-0.2, 0) is 30.7 Å². The van der Waals surface area contributed by atoms with Gasteiger partial charge in [-0.2, -0.15) is 0 Å². The average Bonchev–Trinajstić information content (AvgIpc) is 3.17. The van der Waals surface area contributed by atoms with Gasteiger partial charge < -0.3 is 15.0 Å². The number of benzene rings is 1. The van der Waals surface area contributed by atoms with Gasteiger partial charge in [-0.3, -0.25) is 19.4 Å². The summed E-state index contributed by atoms with van der Waals surface area (Å²) in [6, 6.07) is 6.83. The molecule has 4 rings (SSSR count). The van der Waals surface area contributed by atoms with Crippen LogP contribution in [0.2, 0.25) is 0 Å². The third kappa shape index (κ3) is 5.56. The molecule has 3 saturated heterocycles. The van der Waals surface area contributed by atoms with E-state index in [4.69, 9.17) is 4.74 Å². The van der Waals surface area contributed by atoms with Crippen LogP contribution in [-0.4, -0.2) is 106 Å². The molecular weight excluding hydrogens is 444 g/mol. The summed E-state index contributed by atoms with van der Waals surface area (Å²) in [5, 5.41) is 3.10. The number of fused-ring (bicyclic) bond motifs is 1. The fraction of sp³-hybridized carbons (Fsp3) is 0.652. The Labute approximate surface area is 196 Å². The number of morpholine rings is 1. The first-order valence-electron chi connectivity index (χ1n) is 11.6. The van der Waals surface area contributed by atoms with E-state index in [0.717, 1.165) is 18.5 Å². The number of hydrogen-bond donors (Lipinski definition) is 1. The Kier molecular flexibility index (Phi) is 7.37. The maximum atomic E-state index is 13.0. The highest BCUT2D eigenvalue weighted by atomic mass is 32.2. The third-order valence-electron chi connectivity index (χ3n) is 7.14. The molecule has 0 aromatic heterocycles.